The normalized spacial score (nSPS) is 43.1. The molecular weight excluding hydrogens is 300 g/mol. The number of rotatable bonds is 1. The van der Waals surface area contributed by atoms with Gasteiger partial charge >= 0.3 is 0 Å². The number of ketones is 1. The number of allylic oxidation sites excluding steroid dienone is 4. The average Bonchev–Trinajstić information content (AvgIpc) is 2.97. The summed E-state index contributed by atoms with van der Waals surface area (Å²) in [4.78, 5) is 11.8. The highest BCUT2D eigenvalue weighted by atomic mass is 16.3. The predicted molar refractivity (Wildman–Crippen MR) is 95.4 cm³/mol. The van der Waals surface area contributed by atoms with Gasteiger partial charge in [-0.2, -0.15) is 0 Å². The zero-order valence-electron chi connectivity index (χ0n) is 15.1. The lowest BCUT2D eigenvalue weighted by Gasteiger charge is -2.57. The molecule has 0 aromatic heterocycles. The number of hydrogen-bond donors (Lipinski definition) is 2. The maximum Gasteiger partial charge on any atom is 0.155 e. The minimum atomic E-state index is -0.125. The van der Waals surface area contributed by atoms with Crippen LogP contribution in [0.5, 0.6) is 0 Å². The molecule has 4 rings (SSSR count). The summed E-state index contributed by atoms with van der Waals surface area (Å²) in [7, 11) is 0. The Hall–Kier alpha value is -0.930. The van der Waals surface area contributed by atoms with Gasteiger partial charge in [-0.05, 0) is 73.2 Å². The first kappa shape index (κ1) is 17.9. The molecule has 5 atom stereocenters. The van der Waals surface area contributed by atoms with E-state index in [0.717, 1.165) is 30.6 Å². The van der Waals surface area contributed by atoms with E-state index in [2.05, 4.69) is 26.0 Å². The van der Waals surface area contributed by atoms with E-state index < -0.39 is 0 Å². The molecule has 3 nitrogen and oxygen atoms in total. The van der Waals surface area contributed by atoms with Crippen LogP contribution in [0.4, 0.5) is 0 Å². The van der Waals surface area contributed by atoms with Crippen molar-refractivity contribution in [2.24, 2.45) is 28.6 Å². The Morgan fingerprint density at radius 1 is 1.08 bits per heavy atom. The number of fused-ring (bicyclic) bond motifs is 5. The van der Waals surface area contributed by atoms with Gasteiger partial charge in [-0.15, -0.1) is 0 Å². The number of hydrogen-bond acceptors (Lipinski definition) is 3. The fourth-order valence-electron chi connectivity index (χ4n) is 6.04. The van der Waals surface area contributed by atoms with Gasteiger partial charge in [-0.25, -0.2) is 0 Å². The van der Waals surface area contributed by atoms with Crippen molar-refractivity contribution in [1.29, 1.82) is 0 Å². The third-order valence-electron chi connectivity index (χ3n) is 7.39. The summed E-state index contributed by atoms with van der Waals surface area (Å²) < 4.78 is 0. The third kappa shape index (κ3) is 2.90. The summed E-state index contributed by atoms with van der Waals surface area (Å²) in [6.45, 7) is 4.70. The summed E-state index contributed by atoms with van der Waals surface area (Å²) in [5.74, 6) is 2.96. The maximum absolute atomic E-state index is 11.8. The third-order valence-corrected chi connectivity index (χ3v) is 7.39. The second-order valence-electron chi connectivity index (χ2n) is 8.60. The Labute approximate surface area is 145 Å². The Bertz CT molecular complexity index is 547. The smallest absolute Gasteiger partial charge is 0.155 e. The van der Waals surface area contributed by atoms with E-state index in [9.17, 15) is 4.79 Å². The Morgan fingerprint density at radius 2 is 1.83 bits per heavy atom. The van der Waals surface area contributed by atoms with E-state index in [-0.39, 0.29) is 13.2 Å². The van der Waals surface area contributed by atoms with Gasteiger partial charge in [0.25, 0.3) is 0 Å². The van der Waals surface area contributed by atoms with Crippen LogP contribution in [0.15, 0.2) is 23.8 Å². The molecule has 0 amide bonds. The van der Waals surface area contributed by atoms with Crippen molar-refractivity contribution in [2.75, 3.05) is 13.2 Å². The molecule has 134 valence electrons. The first-order valence-corrected chi connectivity index (χ1v) is 9.58. The SMILES string of the molecule is C[C@@]12C=CC[C@H]1[C@@H]1CCC3=CC(=O)CC[C@]3(C)[C@H]1CC2.OCCO. The zero-order chi connectivity index (χ0) is 17.4. The minimum absolute atomic E-state index is 0.125. The number of aliphatic hydroxyl groups excluding tert-OH is 2. The molecule has 2 saturated carbocycles. The number of carbonyl (C=O) groups is 1. The monoisotopic (exact) mass is 332 g/mol. The van der Waals surface area contributed by atoms with Crippen molar-refractivity contribution < 1.29 is 15.0 Å². The summed E-state index contributed by atoms with van der Waals surface area (Å²) in [5.41, 5.74) is 2.30. The van der Waals surface area contributed by atoms with Crippen LogP contribution < -0.4 is 0 Å². The Balaban J connectivity index is 0.000000383. The first-order chi connectivity index (χ1) is 11.4. The van der Waals surface area contributed by atoms with E-state index in [4.69, 9.17) is 10.2 Å². The van der Waals surface area contributed by atoms with Crippen LogP contribution in [0.25, 0.3) is 0 Å². The molecule has 2 fully saturated rings. The van der Waals surface area contributed by atoms with Crippen LogP contribution in [-0.4, -0.2) is 29.2 Å². The Morgan fingerprint density at radius 3 is 2.54 bits per heavy atom. The van der Waals surface area contributed by atoms with Crippen molar-refractivity contribution >= 4 is 5.78 Å². The molecular formula is C21H32O3. The van der Waals surface area contributed by atoms with Crippen molar-refractivity contribution in [3.05, 3.63) is 23.8 Å². The van der Waals surface area contributed by atoms with E-state index in [1.54, 1.807) is 0 Å². The predicted octanol–water partition coefficient (Wildman–Crippen LogP) is 3.66. The quantitative estimate of drug-likeness (QED) is 0.721. The van der Waals surface area contributed by atoms with Gasteiger partial charge in [0.15, 0.2) is 5.78 Å². The average molecular weight is 332 g/mol. The largest absolute Gasteiger partial charge is 0.394 e. The molecule has 24 heavy (non-hydrogen) atoms. The van der Waals surface area contributed by atoms with Crippen LogP contribution in [0.3, 0.4) is 0 Å². The van der Waals surface area contributed by atoms with E-state index in [0.29, 0.717) is 16.6 Å². The molecule has 0 aromatic carbocycles. The molecule has 0 saturated heterocycles. The molecule has 4 aliphatic rings. The van der Waals surface area contributed by atoms with E-state index >= 15 is 0 Å². The zero-order valence-corrected chi connectivity index (χ0v) is 15.1. The van der Waals surface area contributed by atoms with Crippen LogP contribution in [0.1, 0.15) is 58.8 Å². The van der Waals surface area contributed by atoms with Gasteiger partial charge in [-0.1, -0.05) is 31.6 Å². The summed E-state index contributed by atoms with van der Waals surface area (Å²) >= 11 is 0. The number of carbonyl (C=O) groups excluding carboxylic acids is 1. The standard InChI is InChI=1S/C19H26O.C2H6O2/c1-18-9-3-4-16(18)15-6-5-13-12-14(20)7-11-19(13,2)17(15)8-10-18;3-1-2-4/h3,9,12,15-17H,4-8,10-11H2,1-2H3;3-4H,1-2H2/t15-,16-,17-,18-,19-;/m0./s1. The molecule has 0 spiro atoms. The van der Waals surface area contributed by atoms with Gasteiger partial charge < -0.3 is 10.2 Å². The number of aliphatic hydroxyl groups is 2. The highest BCUT2D eigenvalue weighted by molar-refractivity contribution is 5.91. The molecule has 3 heteroatoms. The summed E-state index contributed by atoms with van der Waals surface area (Å²) in [5, 5.41) is 15.2. The topological polar surface area (TPSA) is 57.5 Å². The minimum Gasteiger partial charge on any atom is -0.394 e. The van der Waals surface area contributed by atoms with Crippen LogP contribution >= 0.6 is 0 Å². The van der Waals surface area contributed by atoms with Crippen molar-refractivity contribution in [1.82, 2.24) is 0 Å². The molecule has 0 heterocycles. The van der Waals surface area contributed by atoms with Crippen molar-refractivity contribution in [3.63, 3.8) is 0 Å². The molecule has 0 radical (unpaired) electrons. The highest BCUT2D eigenvalue weighted by Gasteiger charge is 2.54. The lowest BCUT2D eigenvalue weighted by molar-refractivity contribution is -0.117. The first-order valence-electron chi connectivity index (χ1n) is 9.58. The Kier molecular flexibility index (Phi) is 5.04. The summed E-state index contributed by atoms with van der Waals surface area (Å²) in [6.07, 6.45) is 15.4. The van der Waals surface area contributed by atoms with E-state index in [1.165, 1.54) is 37.7 Å². The molecule has 0 unspecified atom stereocenters. The fourth-order valence-corrected chi connectivity index (χ4v) is 6.04. The van der Waals surface area contributed by atoms with Gasteiger partial charge in [0.2, 0.25) is 0 Å². The highest BCUT2D eigenvalue weighted by Crippen LogP contribution is 2.63. The molecule has 0 aromatic rings. The van der Waals surface area contributed by atoms with Gasteiger partial charge in [0.05, 0.1) is 13.2 Å². The molecule has 0 bridgehead atoms. The van der Waals surface area contributed by atoms with Gasteiger partial charge in [0.1, 0.15) is 0 Å². The lowest BCUT2D eigenvalue weighted by Crippen LogP contribution is -2.49. The fraction of sp³-hybridized carbons (Fsp3) is 0.762. The van der Waals surface area contributed by atoms with Crippen LogP contribution in [0.2, 0.25) is 0 Å². The van der Waals surface area contributed by atoms with E-state index in [1.807, 2.05) is 6.08 Å². The molecule has 0 aliphatic heterocycles. The maximum atomic E-state index is 11.8. The van der Waals surface area contributed by atoms with Crippen LogP contribution in [0, 0.1) is 28.6 Å². The molecule has 2 N–H and O–H groups in total. The van der Waals surface area contributed by atoms with Gasteiger partial charge in [0, 0.05) is 6.42 Å². The van der Waals surface area contributed by atoms with Crippen molar-refractivity contribution in [2.45, 2.75) is 58.8 Å². The summed E-state index contributed by atoms with van der Waals surface area (Å²) in [6, 6.07) is 0. The van der Waals surface area contributed by atoms with Gasteiger partial charge in [-0.3, -0.25) is 4.79 Å². The second-order valence-corrected chi connectivity index (χ2v) is 8.60. The second kappa shape index (κ2) is 6.76. The molecule has 4 aliphatic carbocycles. The van der Waals surface area contributed by atoms with Crippen LogP contribution in [-0.2, 0) is 4.79 Å². The lowest BCUT2D eigenvalue weighted by atomic mass is 9.47. The van der Waals surface area contributed by atoms with Crippen molar-refractivity contribution in [3.8, 4) is 0 Å².